The van der Waals surface area contributed by atoms with Gasteiger partial charge in [0, 0.05) is 31.9 Å². The summed E-state index contributed by atoms with van der Waals surface area (Å²) in [6, 6.07) is 9.73. The minimum Gasteiger partial charge on any atom is -0.459 e. The molecule has 1 N–H and O–H groups in total. The van der Waals surface area contributed by atoms with Crippen LogP contribution in [0.2, 0.25) is 5.02 Å². The molecule has 2 heterocycles. The number of hydrogen-bond donors (Lipinski definition) is 1. The third-order valence-corrected chi connectivity index (χ3v) is 4.93. The topological polar surface area (TPSA) is 89.6 Å². The van der Waals surface area contributed by atoms with Gasteiger partial charge in [0.25, 0.3) is 5.91 Å². The third-order valence-electron chi connectivity index (χ3n) is 4.62. The highest BCUT2D eigenvalue weighted by Crippen LogP contribution is 2.21. The van der Waals surface area contributed by atoms with Crippen molar-refractivity contribution in [1.82, 2.24) is 9.80 Å². The van der Waals surface area contributed by atoms with Gasteiger partial charge in [0.2, 0.25) is 5.91 Å². The van der Waals surface area contributed by atoms with E-state index in [2.05, 4.69) is 5.32 Å². The maximum atomic E-state index is 12.5. The fourth-order valence-corrected chi connectivity index (χ4v) is 3.19. The Balaban J connectivity index is 1.55. The number of nitriles is 1. The van der Waals surface area contributed by atoms with E-state index in [0.29, 0.717) is 48.2 Å². The Kier molecular flexibility index (Phi) is 5.79. The number of anilines is 1. The Morgan fingerprint density at radius 1 is 1.26 bits per heavy atom. The molecule has 0 aliphatic carbocycles. The predicted octanol–water partition coefficient (Wildman–Crippen LogP) is 2.59. The maximum Gasteiger partial charge on any atom is 0.289 e. The summed E-state index contributed by atoms with van der Waals surface area (Å²) in [5, 5.41) is 12.0. The molecule has 2 amide bonds. The van der Waals surface area contributed by atoms with Crippen LogP contribution in [0.1, 0.15) is 23.0 Å². The van der Waals surface area contributed by atoms with Gasteiger partial charge in [0.1, 0.15) is 6.07 Å². The molecule has 1 fully saturated rings. The van der Waals surface area contributed by atoms with Crippen molar-refractivity contribution in [3.05, 3.63) is 52.9 Å². The second-order valence-corrected chi connectivity index (χ2v) is 6.68. The normalized spacial score (nSPS) is 15.8. The van der Waals surface area contributed by atoms with E-state index in [-0.39, 0.29) is 17.9 Å². The van der Waals surface area contributed by atoms with Crippen molar-refractivity contribution in [1.29, 1.82) is 5.26 Å². The highest BCUT2D eigenvalue weighted by molar-refractivity contribution is 6.32. The summed E-state index contributed by atoms with van der Waals surface area (Å²) < 4.78 is 5.15. The number of amides is 2. The van der Waals surface area contributed by atoms with Crippen molar-refractivity contribution in [3.8, 4) is 6.07 Å². The lowest BCUT2D eigenvalue weighted by Crippen LogP contribution is -2.54. The van der Waals surface area contributed by atoms with Gasteiger partial charge in [0.05, 0.1) is 22.9 Å². The average Bonchev–Trinajstić information content (AvgIpc) is 3.22. The van der Waals surface area contributed by atoms with Gasteiger partial charge in [-0.1, -0.05) is 11.6 Å². The minimum atomic E-state index is -0.361. The number of furan rings is 1. The second kappa shape index (κ2) is 8.25. The van der Waals surface area contributed by atoms with Crippen LogP contribution >= 0.6 is 11.6 Å². The maximum absolute atomic E-state index is 12.5. The number of nitrogens with one attached hydrogen (secondary N) is 1. The van der Waals surface area contributed by atoms with E-state index in [1.807, 2.05) is 17.9 Å². The number of halogens is 1. The molecular formula is C19H19ClN4O3. The predicted molar refractivity (Wildman–Crippen MR) is 100 cm³/mol. The molecule has 140 valence electrons. The summed E-state index contributed by atoms with van der Waals surface area (Å²) in [4.78, 5) is 28.6. The lowest BCUT2D eigenvalue weighted by Gasteiger charge is -2.37. The minimum absolute atomic E-state index is 0.135. The number of nitrogens with zero attached hydrogens (tertiary/aromatic N) is 3. The Hall–Kier alpha value is -2.82. The van der Waals surface area contributed by atoms with Crippen molar-refractivity contribution >= 4 is 29.1 Å². The molecule has 8 heteroatoms. The molecular weight excluding hydrogens is 368 g/mol. The second-order valence-electron chi connectivity index (χ2n) is 6.28. The lowest BCUT2D eigenvalue weighted by atomic mass is 10.2. The number of carbonyl (C=O) groups is 2. The molecule has 1 aliphatic heterocycles. The molecule has 0 unspecified atom stereocenters. The Morgan fingerprint density at radius 2 is 2.00 bits per heavy atom. The van der Waals surface area contributed by atoms with E-state index in [0.717, 1.165) is 0 Å². The summed E-state index contributed by atoms with van der Waals surface area (Å²) in [5.74, 6) is 0.0255. The zero-order valence-corrected chi connectivity index (χ0v) is 15.6. The highest BCUT2D eigenvalue weighted by atomic mass is 35.5. The van der Waals surface area contributed by atoms with Gasteiger partial charge < -0.3 is 14.6 Å². The molecule has 0 bridgehead atoms. The molecule has 1 aromatic heterocycles. The first kappa shape index (κ1) is 19.0. The average molecular weight is 387 g/mol. The molecule has 1 aliphatic rings. The van der Waals surface area contributed by atoms with Gasteiger partial charge in [-0.3, -0.25) is 14.5 Å². The van der Waals surface area contributed by atoms with E-state index in [9.17, 15) is 9.59 Å². The van der Waals surface area contributed by atoms with Gasteiger partial charge in [0.15, 0.2) is 5.76 Å². The van der Waals surface area contributed by atoms with Crippen LogP contribution in [0.5, 0.6) is 0 Å². The van der Waals surface area contributed by atoms with Crippen molar-refractivity contribution in [2.45, 2.75) is 13.0 Å². The standard InChI is InChI=1S/C19H19ClN4O3/c1-13(18(25)22-15-5-4-14(12-21)16(20)11-15)23-6-8-24(9-7-23)19(26)17-3-2-10-27-17/h2-5,10-11,13H,6-9H2,1H3,(H,22,25)/t13-/m0/s1. The molecule has 1 saturated heterocycles. The molecule has 3 rings (SSSR count). The first-order valence-corrected chi connectivity index (χ1v) is 8.94. The summed E-state index contributed by atoms with van der Waals surface area (Å²) in [5.41, 5.74) is 0.905. The zero-order chi connectivity index (χ0) is 19.4. The van der Waals surface area contributed by atoms with Gasteiger partial charge in [-0.05, 0) is 37.3 Å². The van der Waals surface area contributed by atoms with E-state index >= 15 is 0 Å². The third kappa shape index (κ3) is 4.30. The Labute approximate surface area is 162 Å². The summed E-state index contributed by atoms with van der Waals surface area (Å²) in [7, 11) is 0. The lowest BCUT2D eigenvalue weighted by molar-refractivity contribution is -0.121. The monoisotopic (exact) mass is 386 g/mol. The fraction of sp³-hybridized carbons (Fsp3) is 0.316. The number of rotatable bonds is 4. The Bertz CT molecular complexity index is 868. The molecule has 0 saturated carbocycles. The molecule has 1 aromatic carbocycles. The largest absolute Gasteiger partial charge is 0.459 e. The van der Waals surface area contributed by atoms with Crippen molar-refractivity contribution < 1.29 is 14.0 Å². The van der Waals surface area contributed by atoms with Crippen LogP contribution < -0.4 is 5.32 Å². The smallest absolute Gasteiger partial charge is 0.289 e. The van der Waals surface area contributed by atoms with Crippen molar-refractivity contribution in [2.75, 3.05) is 31.5 Å². The number of piperazine rings is 1. The summed E-state index contributed by atoms with van der Waals surface area (Å²) >= 11 is 6.00. The molecule has 2 aromatic rings. The van der Waals surface area contributed by atoms with Crippen LogP contribution in [0.4, 0.5) is 5.69 Å². The summed E-state index contributed by atoms with van der Waals surface area (Å²) in [6.07, 6.45) is 1.48. The molecule has 27 heavy (non-hydrogen) atoms. The molecule has 0 spiro atoms. The molecule has 7 nitrogen and oxygen atoms in total. The van der Waals surface area contributed by atoms with Gasteiger partial charge in [-0.25, -0.2) is 0 Å². The SMILES string of the molecule is C[C@@H](C(=O)Nc1ccc(C#N)c(Cl)c1)N1CCN(C(=O)c2ccco2)CC1. The van der Waals surface area contributed by atoms with Gasteiger partial charge >= 0.3 is 0 Å². The highest BCUT2D eigenvalue weighted by Gasteiger charge is 2.28. The number of hydrogen-bond acceptors (Lipinski definition) is 5. The summed E-state index contributed by atoms with van der Waals surface area (Å²) in [6.45, 7) is 4.06. The van der Waals surface area contributed by atoms with E-state index in [4.69, 9.17) is 21.3 Å². The first-order chi connectivity index (χ1) is 13.0. The van der Waals surface area contributed by atoms with Crippen LogP contribution in [0.3, 0.4) is 0 Å². The van der Waals surface area contributed by atoms with E-state index in [1.165, 1.54) is 6.26 Å². The molecule has 0 radical (unpaired) electrons. The first-order valence-electron chi connectivity index (χ1n) is 8.57. The van der Waals surface area contributed by atoms with Gasteiger partial charge in [-0.2, -0.15) is 5.26 Å². The van der Waals surface area contributed by atoms with Gasteiger partial charge in [-0.15, -0.1) is 0 Å². The van der Waals surface area contributed by atoms with Crippen LogP contribution in [0.15, 0.2) is 41.0 Å². The van der Waals surface area contributed by atoms with E-state index in [1.54, 1.807) is 35.2 Å². The van der Waals surface area contributed by atoms with Crippen LogP contribution in [-0.4, -0.2) is 53.8 Å². The van der Waals surface area contributed by atoms with Crippen LogP contribution in [-0.2, 0) is 4.79 Å². The number of benzene rings is 1. The van der Waals surface area contributed by atoms with Crippen LogP contribution in [0.25, 0.3) is 0 Å². The van der Waals surface area contributed by atoms with Crippen LogP contribution in [0, 0.1) is 11.3 Å². The van der Waals surface area contributed by atoms with Crippen molar-refractivity contribution in [2.24, 2.45) is 0 Å². The zero-order valence-electron chi connectivity index (χ0n) is 14.8. The quantitative estimate of drug-likeness (QED) is 0.872. The van der Waals surface area contributed by atoms with Crippen molar-refractivity contribution in [3.63, 3.8) is 0 Å². The molecule has 1 atom stereocenters. The number of carbonyl (C=O) groups excluding carboxylic acids is 2. The Morgan fingerprint density at radius 3 is 2.59 bits per heavy atom. The van der Waals surface area contributed by atoms with E-state index < -0.39 is 0 Å². The fourth-order valence-electron chi connectivity index (χ4n) is 2.96.